The van der Waals surface area contributed by atoms with Crippen molar-refractivity contribution in [2.75, 3.05) is 0 Å². The van der Waals surface area contributed by atoms with Crippen LogP contribution in [0.15, 0.2) is 18.3 Å². The minimum absolute atomic E-state index is 0.452. The first-order valence-electron chi connectivity index (χ1n) is 4.03. The first-order valence-corrected chi connectivity index (χ1v) is 4.41. The van der Waals surface area contributed by atoms with Gasteiger partial charge in [0.25, 0.3) is 0 Å². The summed E-state index contributed by atoms with van der Waals surface area (Å²) in [5, 5.41) is 10.1. The predicted octanol–water partition coefficient (Wildman–Crippen LogP) is 2.57. The summed E-state index contributed by atoms with van der Waals surface area (Å²) >= 11 is 5.65. The summed E-state index contributed by atoms with van der Waals surface area (Å²) in [6.07, 6.45) is 2.79. The van der Waals surface area contributed by atoms with E-state index in [1.807, 2.05) is 6.92 Å². The monoisotopic (exact) mass is 185 g/mol. The number of aromatic nitrogens is 1. The van der Waals surface area contributed by atoms with Gasteiger partial charge in [-0.25, -0.2) is 0 Å². The molecule has 0 amide bonds. The molecule has 2 nitrogen and oxygen atoms in total. The molecule has 0 aliphatic carbocycles. The second-order valence-electron chi connectivity index (χ2n) is 2.71. The van der Waals surface area contributed by atoms with Gasteiger partial charge in [-0.1, -0.05) is 24.9 Å². The highest BCUT2D eigenvalue weighted by Gasteiger charge is 2.06. The molecule has 0 fully saturated rings. The van der Waals surface area contributed by atoms with E-state index in [1.54, 1.807) is 18.3 Å². The van der Waals surface area contributed by atoms with Crippen molar-refractivity contribution in [2.45, 2.75) is 25.9 Å². The highest BCUT2D eigenvalue weighted by Crippen LogP contribution is 2.16. The Labute approximate surface area is 77.2 Å². The van der Waals surface area contributed by atoms with Crippen molar-refractivity contribution in [1.82, 2.24) is 4.98 Å². The third-order valence-electron chi connectivity index (χ3n) is 1.65. The van der Waals surface area contributed by atoms with Gasteiger partial charge >= 0.3 is 0 Å². The fourth-order valence-electron chi connectivity index (χ4n) is 1.01. The third kappa shape index (κ3) is 2.47. The van der Waals surface area contributed by atoms with Crippen LogP contribution in [-0.4, -0.2) is 10.1 Å². The molecule has 0 saturated carbocycles. The Morgan fingerprint density at radius 3 is 2.83 bits per heavy atom. The first-order chi connectivity index (χ1) is 5.74. The summed E-state index contributed by atoms with van der Waals surface area (Å²) in [7, 11) is 0. The zero-order chi connectivity index (χ0) is 8.97. The Morgan fingerprint density at radius 1 is 1.58 bits per heavy atom. The van der Waals surface area contributed by atoms with Crippen LogP contribution in [0.5, 0.6) is 0 Å². The van der Waals surface area contributed by atoms with Gasteiger partial charge in [-0.15, -0.1) is 0 Å². The van der Waals surface area contributed by atoms with Crippen molar-refractivity contribution in [3.63, 3.8) is 0 Å². The van der Waals surface area contributed by atoms with Crippen molar-refractivity contribution < 1.29 is 5.11 Å². The lowest BCUT2D eigenvalue weighted by molar-refractivity contribution is 0.162. The van der Waals surface area contributed by atoms with Gasteiger partial charge in [0.05, 0.1) is 16.8 Å². The number of aliphatic hydroxyl groups is 1. The largest absolute Gasteiger partial charge is 0.387 e. The maximum Gasteiger partial charge on any atom is 0.0959 e. The smallest absolute Gasteiger partial charge is 0.0959 e. The van der Waals surface area contributed by atoms with E-state index in [1.165, 1.54) is 0 Å². The molecule has 0 bridgehead atoms. The zero-order valence-electron chi connectivity index (χ0n) is 7.00. The van der Waals surface area contributed by atoms with Gasteiger partial charge in [0.1, 0.15) is 0 Å². The van der Waals surface area contributed by atoms with Crippen molar-refractivity contribution in [2.24, 2.45) is 0 Å². The van der Waals surface area contributed by atoms with Crippen molar-refractivity contribution in [3.8, 4) is 0 Å². The average Bonchev–Trinajstić information content (AvgIpc) is 2.06. The van der Waals surface area contributed by atoms with Crippen LogP contribution < -0.4 is 0 Å². The number of hydrogen-bond acceptors (Lipinski definition) is 2. The van der Waals surface area contributed by atoms with Crippen LogP contribution in [0.25, 0.3) is 0 Å². The Hall–Kier alpha value is -0.600. The summed E-state index contributed by atoms with van der Waals surface area (Å²) in [4.78, 5) is 4.01. The summed E-state index contributed by atoms with van der Waals surface area (Å²) in [5.41, 5.74) is 0.696. The fourth-order valence-corrected chi connectivity index (χ4v) is 1.12. The van der Waals surface area contributed by atoms with Crippen LogP contribution in [0.1, 0.15) is 31.6 Å². The zero-order valence-corrected chi connectivity index (χ0v) is 7.75. The molecule has 0 aromatic carbocycles. The second kappa shape index (κ2) is 4.43. The number of aliphatic hydroxyl groups excluding tert-OH is 1. The van der Waals surface area contributed by atoms with Crippen molar-refractivity contribution in [1.29, 1.82) is 0 Å². The van der Waals surface area contributed by atoms with E-state index in [0.29, 0.717) is 10.7 Å². The number of halogens is 1. The van der Waals surface area contributed by atoms with Crippen LogP contribution in [0.4, 0.5) is 0 Å². The number of nitrogens with zero attached hydrogens (tertiary/aromatic N) is 1. The Bertz CT molecular complexity index is 235. The maximum atomic E-state index is 9.51. The summed E-state index contributed by atoms with van der Waals surface area (Å²) in [5.74, 6) is 0. The minimum Gasteiger partial charge on any atom is -0.387 e. The fraction of sp³-hybridized carbons (Fsp3) is 0.444. The van der Waals surface area contributed by atoms with Crippen LogP contribution in [0, 0.1) is 0 Å². The normalized spacial score (nSPS) is 12.9. The van der Waals surface area contributed by atoms with E-state index in [9.17, 15) is 5.11 Å². The number of hydrogen-bond donors (Lipinski definition) is 1. The molecule has 1 aromatic heterocycles. The highest BCUT2D eigenvalue weighted by atomic mass is 35.5. The predicted molar refractivity (Wildman–Crippen MR) is 49.1 cm³/mol. The van der Waals surface area contributed by atoms with E-state index in [-0.39, 0.29) is 0 Å². The van der Waals surface area contributed by atoms with Crippen LogP contribution in [-0.2, 0) is 0 Å². The lowest BCUT2D eigenvalue weighted by Crippen LogP contribution is -1.98. The molecular weight excluding hydrogens is 174 g/mol. The average molecular weight is 186 g/mol. The molecule has 0 aliphatic heterocycles. The summed E-state index contributed by atoms with van der Waals surface area (Å²) in [6, 6.07) is 3.49. The Morgan fingerprint density at radius 2 is 2.33 bits per heavy atom. The van der Waals surface area contributed by atoms with E-state index in [4.69, 9.17) is 11.6 Å². The molecule has 1 atom stereocenters. The highest BCUT2D eigenvalue weighted by molar-refractivity contribution is 6.30. The van der Waals surface area contributed by atoms with E-state index >= 15 is 0 Å². The molecule has 0 spiro atoms. The van der Waals surface area contributed by atoms with Gasteiger partial charge in [-0.3, -0.25) is 4.98 Å². The third-order valence-corrected chi connectivity index (χ3v) is 1.88. The molecule has 3 heteroatoms. The lowest BCUT2D eigenvalue weighted by atomic mass is 10.1. The van der Waals surface area contributed by atoms with Gasteiger partial charge in [0, 0.05) is 6.20 Å². The Balaban J connectivity index is 2.68. The van der Waals surface area contributed by atoms with Gasteiger partial charge in [0.2, 0.25) is 0 Å². The topological polar surface area (TPSA) is 33.1 Å². The van der Waals surface area contributed by atoms with Crippen LogP contribution >= 0.6 is 11.6 Å². The molecular formula is C9H12ClNO. The van der Waals surface area contributed by atoms with Gasteiger partial charge in [-0.05, 0) is 18.6 Å². The molecule has 66 valence electrons. The quantitative estimate of drug-likeness (QED) is 0.785. The summed E-state index contributed by atoms with van der Waals surface area (Å²) < 4.78 is 0. The molecule has 12 heavy (non-hydrogen) atoms. The SMILES string of the molecule is CCC[C@H](O)c1ccc(Cl)cn1. The molecule has 1 rings (SSSR count). The molecule has 0 radical (unpaired) electrons. The first kappa shape index (κ1) is 9.49. The van der Waals surface area contributed by atoms with Crippen LogP contribution in [0.3, 0.4) is 0 Å². The maximum absolute atomic E-state index is 9.51. The lowest BCUT2D eigenvalue weighted by Gasteiger charge is -2.07. The number of pyridine rings is 1. The Kier molecular flexibility index (Phi) is 3.50. The summed E-state index contributed by atoms with van der Waals surface area (Å²) in [6.45, 7) is 2.03. The molecule has 0 aliphatic rings. The van der Waals surface area contributed by atoms with E-state index in [0.717, 1.165) is 12.8 Å². The molecule has 1 N–H and O–H groups in total. The molecule has 0 unspecified atom stereocenters. The second-order valence-corrected chi connectivity index (χ2v) is 3.14. The van der Waals surface area contributed by atoms with Gasteiger partial charge in [0.15, 0.2) is 0 Å². The van der Waals surface area contributed by atoms with Crippen molar-refractivity contribution >= 4 is 11.6 Å². The van der Waals surface area contributed by atoms with Gasteiger partial charge < -0.3 is 5.11 Å². The van der Waals surface area contributed by atoms with Gasteiger partial charge in [-0.2, -0.15) is 0 Å². The van der Waals surface area contributed by atoms with Crippen molar-refractivity contribution in [3.05, 3.63) is 29.0 Å². The number of rotatable bonds is 3. The minimum atomic E-state index is -0.452. The molecule has 0 saturated heterocycles. The van der Waals surface area contributed by atoms with E-state index in [2.05, 4.69) is 4.98 Å². The van der Waals surface area contributed by atoms with Crippen LogP contribution in [0.2, 0.25) is 5.02 Å². The molecule has 1 heterocycles. The molecule has 1 aromatic rings. The standard InChI is InChI=1S/C9H12ClNO/c1-2-3-9(12)8-5-4-7(10)6-11-8/h4-6,9,12H,2-3H2,1H3/t9-/m0/s1. The van der Waals surface area contributed by atoms with E-state index < -0.39 is 6.10 Å².